The van der Waals surface area contributed by atoms with E-state index in [0.29, 0.717) is 10.8 Å². The number of allylic oxidation sites excluding steroid dienone is 2. The Morgan fingerprint density at radius 2 is 0.917 bits per heavy atom. The molecule has 2 unspecified atom stereocenters. The number of fused-ring (bicyclic) bond motifs is 4. The van der Waals surface area contributed by atoms with Crippen molar-refractivity contribution in [1.82, 2.24) is 0 Å². The molecule has 6 aromatic rings. The first-order valence-corrected chi connectivity index (χ1v) is 39.6. The van der Waals surface area contributed by atoms with Crippen LogP contribution in [0, 0.1) is 10.8 Å². The van der Waals surface area contributed by atoms with Gasteiger partial charge in [0.2, 0.25) is 0 Å². The molecule has 0 aromatic heterocycles. The van der Waals surface area contributed by atoms with Gasteiger partial charge in [-0.05, 0) is 0 Å². The summed E-state index contributed by atoms with van der Waals surface area (Å²) in [7, 11) is 18.5. The Balaban J connectivity index is 1.20. The molecular formula is C56H61Cl2SiZr. The van der Waals surface area contributed by atoms with E-state index in [4.69, 9.17) is 0 Å². The van der Waals surface area contributed by atoms with Crippen molar-refractivity contribution in [3.8, 4) is 22.3 Å². The van der Waals surface area contributed by atoms with E-state index in [0.717, 1.165) is 12.8 Å². The summed E-state index contributed by atoms with van der Waals surface area (Å²) in [5.74, 6) is -1.76. The topological polar surface area (TPSA) is 0 Å². The van der Waals surface area contributed by atoms with E-state index >= 15 is 0 Å². The van der Waals surface area contributed by atoms with Gasteiger partial charge in [0.25, 0.3) is 0 Å². The number of benzene rings is 6. The number of hydrogen-bond acceptors (Lipinski definition) is 0. The molecule has 0 radical (unpaired) electrons. The van der Waals surface area contributed by atoms with Crippen LogP contribution in [-0.2, 0) is 15.6 Å². The molecule has 307 valence electrons. The number of hydrogen-bond donors (Lipinski definition) is 0. The molecule has 0 N–H and O–H groups in total. The molecule has 4 aliphatic rings. The standard InChI is InChI=1S/2C27H27.C2H7Si.2ClH.Zr/c2*1-2-27(14-5-6-15-27)19-20-16-23-10-7-11-25(26(23)17-20)24-13-12-21-8-3-4-9-22(21)18-24;1-3-2;;;/h2*3-4,7-13,16-18H,2,5-6,14-15,19H2,1H3;3H,1-2H3;2*1H;/q;;;;;+2/p-2. The van der Waals surface area contributed by atoms with E-state index in [-0.39, 0.29) is 7.25 Å². The van der Waals surface area contributed by atoms with Gasteiger partial charge < -0.3 is 0 Å². The molecule has 10 rings (SSSR count). The average molecular weight is 924 g/mol. The summed E-state index contributed by atoms with van der Waals surface area (Å²) in [6.45, 7) is 9.99. The van der Waals surface area contributed by atoms with Crippen LogP contribution in [0.3, 0.4) is 0 Å². The molecule has 60 heavy (non-hydrogen) atoms. The van der Waals surface area contributed by atoms with Gasteiger partial charge in [0.15, 0.2) is 0 Å². The average Bonchev–Trinajstić information content (AvgIpc) is 4.09. The summed E-state index contributed by atoms with van der Waals surface area (Å²) >= 11 is -5.12. The van der Waals surface area contributed by atoms with Crippen molar-refractivity contribution in [3.63, 3.8) is 0 Å². The summed E-state index contributed by atoms with van der Waals surface area (Å²) < 4.78 is 0.177. The SMILES string of the molecule is CCC1(CC2=Cc3c(-c4ccc5ccccc5c4)cccc3[CH]2[Zr]([Cl])([Cl])([CH]2C(CC3(CC)CCCC3)=Cc3c(-c4ccc5ccccc5c4)cccc32)[SiH](C)C)CCCC1. The molecule has 0 heterocycles. The second kappa shape index (κ2) is 15.7. The summed E-state index contributed by atoms with van der Waals surface area (Å²) in [5, 5.41) is 5.13. The molecule has 0 spiro atoms. The van der Waals surface area contributed by atoms with E-state index in [1.54, 1.807) is 11.1 Å². The molecule has 4 aliphatic carbocycles. The van der Waals surface area contributed by atoms with Crippen molar-refractivity contribution in [1.29, 1.82) is 0 Å². The fraction of sp³-hybridized carbons (Fsp3) is 0.357. The Labute approximate surface area is 368 Å². The Kier molecular flexibility index (Phi) is 10.7. The monoisotopic (exact) mass is 921 g/mol. The number of rotatable bonds is 11. The van der Waals surface area contributed by atoms with Crippen LogP contribution in [0.25, 0.3) is 56.0 Å². The van der Waals surface area contributed by atoms with E-state index < -0.39 is 21.5 Å². The zero-order valence-corrected chi connectivity index (χ0v) is 41.3. The Morgan fingerprint density at radius 1 is 0.517 bits per heavy atom. The Hall–Kier alpha value is -3.00. The number of halogens is 2. The summed E-state index contributed by atoms with van der Waals surface area (Å²) in [4.78, 5) is 0. The van der Waals surface area contributed by atoms with Crippen molar-refractivity contribution in [3.05, 3.63) is 155 Å². The molecule has 6 aromatic carbocycles. The minimum atomic E-state index is -5.12. The van der Waals surface area contributed by atoms with Crippen molar-refractivity contribution in [2.75, 3.05) is 0 Å². The third-order valence-corrected chi connectivity index (χ3v) is 68.5. The zero-order valence-electron chi connectivity index (χ0n) is 36.2. The van der Waals surface area contributed by atoms with Crippen molar-refractivity contribution < 1.29 is 15.6 Å². The van der Waals surface area contributed by atoms with Crippen molar-refractivity contribution >= 4 is 56.6 Å². The first-order chi connectivity index (χ1) is 29.0. The van der Waals surface area contributed by atoms with Crippen LogP contribution in [0.4, 0.5) is 0 Å². The van der Waals surface area contributed by atoms with E-state index in [9.17, 15) is 17.0 Å². The predicted octanol–water partition coefficient (Wildman–Crippen LogP) is 17.6. The van der Waals surface area contributed by atoms with Crippen LogP contribution in [0.2, 0.25) is 13.1 Å². The Bertz CT molecular complexity index is 2510. The van der Waals surface area contributed by atoms with Gasteiger partial charge in [0.1, 0.15) is 0 Å². The van der Waals surface area contributed by atoms with Gasteiger partial charge in [-0.15, -0.1) is 0 Å². The molecule has 0 bridgehead atoms. The Morgan fingerprint density at radius 3 is 1.30 bits per heavy atom. The molecule has 2 fully saturated rings. The maximum absolute atomic E-state index is 9.24. The first-order valence-electron chi connectivity index (χ1n) is 23.3. The first kappa shape index (κ1) is 41.0. The van der Waals surface area contributed by atoms with Gasteiger partial charge in [-0.3, -0.25) is 0 Å². The molecule has 0 aliphatic heterocycles. The van der Waals surface area contributed by atoms with Crippen molar-refractivity contribution in [2.45, 2.75) is 111 Å². The third-order valence-electron chi connectivity index (χ3n) is 16.6. The van der Waals surface area contributed by atoms with Crippen LogP contribution in [0.15, 0.2) is 132 Å². The normalized spacial score (nSPS) is 21.2. The minimum absolute atomic E-state index is 0.0886. The molecule has 2 atom stereocenters. The second-order valence-electron chi connectivity index (χ2n) is 19.9. The van der Waals surface area contributed by atoms with Crippen LogP contribution in [0.1, 0.15) is 120 Å². The van der Waals surface area contributed by atoms with Gasteiger partial charge in [-0.2, -0.15) is 0 Å². The summed E-state index contributed by atoms with van der Waals surface area (Å²) in [6.07, 6.45) is 20.5. The predicted molar refractivity (Wildman–Crippen MR) is 262 cm³/mol. The van der Waals surface area contributed by atoms with Gasteiger partial charge in [0.05, 0.1) is 0 Å². The van der Waals surface area contributed by atoms with Gasteiger partial charge >= 0.3 is 371 Å². The van der Waals surface area contributed by atoms with Crippen molar-refractivity contribution in [2.24, 2.45) is 10.8 Å². The quantitative estimate of drug-likeness (QED) is 0.114. The van der Waals surface area contributed by atoms with Crippen LogP contribution >= 0.6 is 17.0 Å². The van der Waals surface area contributed by atoms with Gasteiger partial charge in [-0.1, -0.05) is 0 Å². The van der Waals surface area contributed by atoms with E-state index in [1.165, 1.54) is 130 Å². The second-order valence-corrected chi connectivity index (χ2v) is 62.4. The fourth-order valence-corrected chi connectivity index (χ4v) is 44.3. The van der Waals surface area contributed by atoms with E-state index in [2.05, 4.69) is 160 Å². The van der Waals surface area contributed by atoms with E-state index in [1.807, 2.05) is 0 Å². The van der Waals surface area contributed by atoms with Crippen LogP contribution in [0.5, 0.6) is 0 Å². The van der Waals surface area contributed by atoms with Gasteiger partial charge in [0, 0.05) is 0 Å². The molecule has 2 saturated carbocycles. The fourth-order valence-electron chi connectivity index (χ4n) is 13.0. The maximum atomic E-state index is 9.24. The molecule has 4 heteroatoms. The van der Waals surface area contributed by atoms with Gasteiger partial charge in [-0.25, -0.2) is 0 Å². The molecule has 0 nitrogen and oxygen atoms in total. The zero-order chi connectivity index (χ0) is 41.3. The summed E-state index contributed by atoms with van der Waals surface area (Å²) in [6, 6.07) is 45.9. The van der Waals surface area contributed by atoms with Crippen LogP contribution in [-0.4, -0.2) is 5.92 Å². The third kappa shape index (κ3) is 6.68. The van der Waals surface area contributed by atoms with Crippen LogP contribution < -0.4 is 0 Å². The molecule has 0 amide bonds. The summed E-state index contributed by atoms with van der Waals surface area (Å²) in [5.41, 5.74) is 14.6. The molecule has 0 saturated heterocycles. The molecular weight excluding hydrogens is 863 g/mol.